The van der Waals surface area contributed by atoms with Gasteiger partial charge in [-0.15, -0.1) is 0 Å². The molecule has 1 aliphatic rings. The predicted molar refractivity (Wildman–Crippen MR) is 80.9 cm³/mol. The van der Waals surface area contributed by atoms with Crippen LogP contribution in [0.2, 0.25) is 0 Å². The lowest BCUT2D eigenvalue weighted by molar-refractivity contribution is 0.209. The Morgan fingerprint density at radius 1 is 1.00 bits per heavy atom. The SMILES string of the molecule is CC(CO)c1ccc(N2CCN(C(C)C)CC2)cc1. The zero-order chi connectivity index (χ0) is 13.8. The lowest BCUT2D eigenvalue weighted by Gasteiger charge is -2.38. The van der Waals surface area contributed by atoms with Gasteiger partial charge in [-0.3, -0.25) is 4.90 Å². The van der Waals surface area contributed by atoms with E-state index in [2.05, 4.69) is 54.8 Å². The van der Waals surface area contributed by atoms with E-state index in [9.17, 15) is 5.11 Å². The van der Waals surface area contributed by atoms with Crippen LogP contribution in [0.4, 0.5) is 5.69 Å². The minimum absolute atomic E-state index is 0.215. The Morgan fingerprint density at radius 2 is 1.58 bits per heavy atom. The fraction of sp³-hybridized carbons (Fsp3) is 0.625. The molecule has 3 heteroatoms. The van der Waals surface area contributed by atoms with Gasteiger partial charge in [-0.25, -0.2) is 0 Å². The van der Waals surface area contributed by atoms with E-state index < -0.39 is 0 Å². The van der Waals surface area contributed by atoms with Crippen molar-refractivity contribution >= 4 is 5.69 Å². The zero-order valence-electron chi connectivity index (χ0n) is 12.3. The number of hydrogen-bond acceptors (Lipinski definition) is 3. The standard InChI is InChI=1S/C16H26N2O/c1-13(2)17-8-10-18(11-9-17)16-6-4-15(5-7-16)14(3)12-19/h4-7,13-14,19H,8-12H2,1-3H3. The van der Waals surface area contributed by atoms with Crippen molar-refractivity contribution in [1.29, 1.82) is 0 Å². The number of aliphatic hydroxyl groups is 1. The van der Waals surface area contributed by atoms with Crippen LogP contribution in [0.5, 0.6) is 0 Å². The normalized spacial score (nSPS) is 18.9. The van der Waals surface area contributed by atoms with Gasteiger partial charge in [0.25, 0.3) is 0 Å². The minimum atomic E-state index is 0.215. The first kappa shape index (κ1) is 14.4. The molecule has 0 bridgehead atoms. The van der Waals surface area contributed by atoms with Crippen LogP contribution in [0, 0.1) is 0 Å². The monoisotopic (exact) mass is 262 g/mol. The topological polar surface area (TPSA) is 26.7 Å². The molecule has 1 aliphatic heterocycles. The number of anilines is 1. The molecule has 1 atom stereocenters. The third kappa shape index (κ3) is 3.48. The molecule has 2 rings (SSSR count). The van der Waals surface area contributed by atoms with E-state index in [1.165, 1.54) is 11.3 Å². The molecule has 19 heavy (non-hydrogen) atoms. The molecular formula is C16H26N2O. The van der Waals surface area contributed by atoms with Gasteiger partial charge in [-0.2, -0.15) is 0 Å². The first-order chi connectivity index (χ1) is 9.11. The molecule has 0 saturated carbocycles. The van der Waals surface area contributed by atoms with Crippen molar-refractivity contribution in [1.82, 2.24) is 4.90 Å². The van der Waals surface area contributed by atoms with Crippen molar-refractivity contribution in [2.24, 2.45) is 0 Å². The number of hydrogen-bond donors (Lipinski definition) is 1. The average Bonchev–Trinajstić information content (AvgIpc) is 2.46. The third-order valence-corrected chi connectivity index (χ3v) is 4.15. The lowest BCUT2D eigenvalue weighted by atomic mass is 10.0. The van der Waals surface area contributed by atoms with E-state index in [-0.39, 0.29) is 12.5 Å². The maximum atomic E-state index is 9.17. The van der Waals surface area contributed by atoms with Gasteiger partial charge in [-0.1, -0.05) is 19.1 Å². The molecular weight excluding hydrogens is 236 g/mol. The van der Waals surface area contributed by atoms with Crippen LogP contribution in [0.1, 0.15) is 32.3 Å². The summed E-state index contributed by atoms with van der Waals surface area (Å²) in [5.74, 6) is 0.229. The molecule has 106 valence electrons. The van der Waals surface area contributed by atoms with Gasteiger partial charge in [0.05, 0.1) is 0 Å². The summed E-state index contributed by atoms with van der Waals surface area (Å²) in [7, 11) is 0. The summed E-state index contributed by atoms with van der Waals surface area (Å²) < 4.78 is 0. The van der Waals surface area contributed by atoms with Crippen LogP contribution in [-0.4, -0.2) is 48.8 Å². The Morgan fingerprint density at radius 3 is 2.05 bits per heavy atom. The fourth-order valence-corrected chi connectivity index (χ4v) is 2.62. The quantitative estimate of drug-likeness (QED) is 0.902. The maximum absolute atomic E-state index is 9.17. The first-order valence-corrected chi connectivity index (χ1v) is 7.31. The molecule has 0 spiro atoms. The Bertz CT molecular complexity index is 380. The molecule has 3 nitrogen and oxygen atoms in total. The summed E-state index contributed by atoms with van der Waals surface area (Å²) in [5, 5.41) is 9.17. The van der Waals surface area contributed by atoms with E-state index in [0.29, 0.717) is 6.04 Å². The zero-order valence-corrected chi connectivity index (χ0v) is 12.3. The summed E-state index contributed by atoms with van der Waals surface area (Å²) >= 11 is 0. The molecule has 1 fully saturated rings. The van der Waals surface area contributed by atoms with Crippen LogP contribution in [0.15, 0.2) is 24.3 Å². The van der Waals surface area contributed by atoms with Crippen LogP contribution < -0.4 is 4.90 Å². The molecule has 0 aromatic heterocycles. The van der Waals surface area contributed by atoms with Gasteiger partial charge in [0.15, 0.2) is 0 Å². The number of nitrogens with zero attached hydrogens (tertiary/aromatic N) is 2. The van der Waals surface area contributed by atoms with Gasteiger partial charge < -0.3 is 10.0 Å². The summed E-state index contributed by atoms with van der Waals surface area (Å²) in [6.45, 7) is 11.3. The number of aliphatic hydroxyl groups excluding tert-OH is 1. The van der Waals surface area contributed by atoms with E-state index in [4.69, 9.17) is 0 Å². The molecule has 1 N–H and O–H groups in total. The molecule has 1 unspecified atom stereocenters. The molecule has 1 aromatic rings. The highest BCUT2D eigenvalue weighted by Gasteiger charge is 2.18. The molecule has 1 heterocycles. The third-order valence-electron chi connectivity index (χ3n) is 4.15. The van der Waals surface area contributed by atoms with Crippen molar-refractivity contribution in [3.05, 3.63) is 29.8 Å². The highest BCUT2D eigenvalue weighted by Crippen LogP contribution is 2.21. The fourth-order valence-electron chi connectivity index (χ4n) is 2.62. The predicted octanol–water partition coefficient (Wildman–Crippen LogP) is 2.31. The summed E-state index contributed by atoms with van der Waals surface area (Å²) in [4.78, 5) is 4.98. The largest absolute Gasteiger partial charge is 0.396 e. The number of rotatable bonds is 4. The van der Waals surface area contributed by atoms with Gasteiger partial charge in [0.2, 0.25) is 0 Å². The Hall–Kier alpha value is -1.06. The molecule has 0 aliphatic carbocycles. The van der Waals surface area contributed by atoms with E-state index >= 15 is 0 Å². The van der Waals surface area contributed by atoms with Crippen molar-refractivity contribution in [2.75, 3.05) is 37.7 Å². The van der Waals surface area contributed by atoms with Crippen molar-refractivity contribution < 1.29 is 5.11 Å². The number of benzene rings is 1. The van der Waals surface area contributed by atoms with E-state index in [1.807, 2.05) is 0 Å². The first-order valence-electron chi connectivity index (χ1n) is 7.31. The second-order valence-electron chi connectivity index (χ2n) is 5.79. The van der Waals surface area contributed by atoms with Crippen molar-refractivity contribution in [3.63, 3.8) is 0 Å². The molecule has 0 amide bonds. The van der Waals surface area contributed by atoms with Gasteiger partial charge >= 0.3 is 0 Å². The van der Waals surface area contributed by atoms with E-state index in [1.54, 1.807) is 0 Å². The van der Waals surface area contributed by atoms with Crippen molar-refractivity contribution in [3.8, 4) is 0 Å². The van der Waals surface area contributed by atoms with E-state index in [0.717, 1.165) is 26.2 Å². The number of piperazine rings is 1. The highest BCUT2D eigenvalue weighted by molar-refractivity contribution is 5.48. The smallest absolute Gasteiger partial charge is 0.0497 e. The van der Waals surface area contributed by atoms with Crippen LogP contribution in [0.3, 0.4) is 0 Å². The Balaban J connectivity index is 1.96. The average molecular weight is 262 g/mol. The summed E-state index contributed by atoms with van der Waals surface area (Å²) in [6, 6.07) is 9.31. The van der Waals surface area contributed by atoms with Crippen LogP contribution >= 0.6 is 0 Å². The van der Waals surface area contributed by atoms with Gasteiger partial charge in [-0.05, 0) is 31.5 Å². The second-order valence-corrected chi connectivity index (χ2v) is 5.79. The van der Waals surface area contributed by atoms with Crippen molar-refractivity contribution in [2.45, 2.75) is 32.7 Å². The Labute approximate surface area is 116 Å². The molecule has 1 saturated heterocycles. The second kappa shape index (κ2) is 6.40. The molecule has 1 aromatic carbocycles. The van der Waals surface area contributed by atoms with Crippen LogP contribution in [0.25, 0.3) is 0 Å². The van der Waals surface area contributed by atoms with Gasteiger partial charge in [0, 0.05) is 50.4 Å². The Kier molecular flexibility index (Phi) is 4.83. The van der Waals surface area contributed by atoms with Gasteiger partial charge in [0.1, 0.15) is 0 Å². The highest BCUT2D eigenvalue weighted by atomic mass is 16.3. The molecule has 0 radical (unpaired) electrons. The van der Waals surface area contributed by atoms with Crippen LogP contribution in [-0.2, 0) is 0 Å². The summed E-state index contributed by atoms with van der Waals surface area (Å²) in [6.07, 6.45) is 0. The minimum Gasteiger partial charge on any atom is -0.396 e. The lowest BCUT2D eigenvalue weighted by Crippen LogP contribution is -2.48. The maximum Gasteiger partial charge on any atom is 0.0497 e. The summed E-state index contributed by atoms with van der Waals surface area (Å²) in [5.41, 5.74) is 2.52.